The van der Waals surface area contributed by atoms with Crippen LogP contribution in [0, 0.1) is 0 Å². The Morgan fingerprint density at radius 3 is 2.15 bits per heavy atom. The monoisotopic (exact) mass is 378 g/mol. The number of anilines is 1. The first kappa shape index (κ1) is 20.7. The molecule has 0 spiro atoms. The Morgan fingerprint density at radius 1 is 1.00 bits per heavy atom. The fraction of sp³-hybridized carbons (Fsp3) is 0.333. The van der Waals surface area contributed by atoms with Crippen LogP contribution in [0.2, 0.25) is 0 Å². The van der Waals surface area contributed by atoms with Crippen molar-refractivity contribution in [3.05, 3.63) is 60.3 Å². The minimum Gasteiger partial charge on any atom is -0.490 e. The molecule has 0 bridgehead atoms. The molecule has 1 aromatic heterocycles. The number of halogens is 3. The highest BCUT2D eigenvalue weighted by molar-refractivity contribution is 5.90. The van der Waals surface area contributed by atoms with Gasteiger partial charge in [0.05, 0.1) is 17.4 Å². The summed E-state index contributed by atoms with van der Waals surface area (Å²) in [7, 11) is 0. The van der Waals surface area contributed by atoms with E-state index in [4.69, 9.17) is 10.5 Å². The molecule has 1 saturated carbocycles. The summed E-state index contributed by atoms with van der Waals surface area (Å²) in [6.07, 6.45) is 0.884. The highest BCUT2D eigenvalue weighted by Gasteiger charge is 2.30. The maximum Gasteiger partial charge on any atom is 0.416 e. The van der Waals surface area contributed by atoms with Gasteiger partial charge < -0.3 is 15.5 Å². The first-order valence-electron chi connectivity index (χ1n) is 9.09. The summed E-state index contributed by atoms with van der Waals surface area (Å²) in [4.78, 5) is 3.06. The van der Waals surface area contributed by atoms with Gasteiger partial charge in [-0.1, -0.05) is 32.0 Å². The molecule has 27 heavy (non-hydrogen) atoms. The number of nitrogens with one attached hydrogen (secondary N) is 1. The normalized spacial score (nSPS) is 13.7. The van der Waals surface area contributed by atoms with Gasteiger partial charge in [-0.2, -0.15) is 13.2 Å². The predicted octanol–water partition coefficient (Wildman–Crippen LogP) is 6.41. The molecule has 0 aliphatic heterocycles. The molecule has 0 atom stereocenters. The number of hydrogen-bond donors (Lipinski definition) is 2. The Balaban J connectivity index is 0.000000189. The molecular weight excluding hydrogens is 353 g/mol. The van der Waals surface area contributed by atoms with Gasteiger partial charge in [-0.3, -0.25) is 0 Å². The minimum atomic E-state index is -4.27. The molecule has 3 N–H and O–H groups in total. The van der Waals surface area contributed by atoms with Crippen LogP contribution in [0.25, 0.3) is 10.9 Å². The first-order chi connectivity index (χ1) is 12.9. The molecule has 146 valence electrons. The number of fused-ring (bicyclic) bond motifs is 1. The lowest BCUT2D eigenvalue weighted by molar-refractivity contribution is -0.137. The van der Waals surface area contributed by atoms with E-state index in [1.54, 1.807) is 0 Å². The van der Waals surface area contributed by atoms with Crippen LogP contribution in [-0.2, 0) is 6.18 Å². The fourth-order valence-electron chi connectivity index (χ4n) is 2.50. The van der Waals surface area contributed by atoms with Crippen molar-refractivity contribution in [1.29, 1.82) is 0 Å². The summed E-state index contributed by atoms with van der Waals surface area (Å²) >= 11 is 0. The van der Waals surface area contributed by atoms with Gasteiger partial charge in [-0.05, 0) is 49.6 Å². The summed E-state index contributed by atoms with van der Waals surface area (Å²) in [6.45, 7) is 4.00. The van der Waals surface area contributed by atoms with Crippen molar-refractivity contribution in [3.8, 4) is 5.75 Å². The second kappa shape index (κ2) is 9.35. The molecule has 0 unspecified atom stereocenters. The third-order valence-electron chi connectivity index (χ3n) is 4.16. The van der Waals surface area contributed by atoms with E-state index < -0.39 is 11.7 Å². The molecule has 4 rings (SSSR count). The number of ether oxygens (including phenoxy) is 1. The molecule has 2 aromatic carbocycles. The average molecular weight is 378 g/mol. The third-order valence-corrected chi connectivity index (χ3v) is 4.16. The SMILES string of the molecule is CC.FC(F)(F)c1ccc(OC2CCC2)cc1.Nc1c[nH]c2ccccc12. The largest absolute Gasteiger partial charge is 0.490 e. The molecule has 6 heteroatoms. The van der Waals surface area contributed by atoms with Gasteiger partial charge in [0.15, 0.2) is 0 Å². The van der Waals surface area contributed by atoms with Crippen molar-refractivity contribution < 1.29 is 17.9 Å². The zero-order valence-corrected chi connectivity index (χ0v) is 15.5. The Kier molecular flexibility index (Phi) is 7.16. The maximum atomic E-state index is 12.2. The number of nitrogen functional groups attached to an aromatic ring is 1. The van der Waals surface area contributed by atoms with E-state index in [0.717, 1.165) is 48.0 Å². The van der Waals surface area contributed by atoms with Gasteiger partial charge in [0, 0.05) is 17.1 Å². The minimum absolute atomic E-state index is 0.196. The van der Waals surface area contributed by atoms with Crippen LogP contribution in [0.4, 0.5) is 18.9 Å². The van der Waals surface area contributed by atoms with Crippen molar-refractivity contribution in [3.63, 3.8) is 0 Å². The summed E-state index contributed by atoms with van der Waals surface area (Å²) in [5.41, 5.74) is 6.92. The van der Waals surface area contributed by atoms with Crippen molar-refractivity contribution in [2.24, 2.45) is 0 Å². The average Bonchev–Trinajstić information content (AvgIpc) is 3.02. The quantitative estimate of drug-likeness (QED) is 0.541. The van der Waals surface area contributed by atoms with Crippen LogP contribution in [-0.4, -0.2) is 11.1 Å². The molecular formula is C21H25F3N2O. The molecule has 1 fully saturated rings. The molecule has 1 aliphatic rings. The lowest BCUT2D eigenvalue weighted by Crippen LogP contribution is -2.24. The number of para-hydroxylation sites is 1. The van der Waals surface area contributed by atoms with Crippen LogP contribution in [0.5, 0.6) is 5.75 Å². The number of rotatable bonds is 2. The van der Waals surface area contributed by atoms with Gasteiger partial charge in [0.2, 0.25) is 0 Å². The van der Waals surface area contributed by atoms with Gasteiger partial charge in [0.25, 0.3) is 0 Å². The predicted molar refractivity (Wildman–Crippen MR) is 104 cm³/mol. The lowest BCUT2D eigenvalue weighted by atomic mass is 9.96. The fourth-order valence-corrected chi connectivity index (χ4v) is 2.50. The zero-order valence-electron chi connectivity index (χ0n) is 15.5. The van der Waals surface area contributed by atoms with E-state index >= 15 is 0 Å². The summed E-state index contributed by atoms with van der Waals surface area (Å²) in [5, 5.41) is 1.10. The van der Waals surface area contributed by atoms with E-state index in [1.807, 2.05) is 44.3 Å². The molecule has 1 aliphatic carbocycles. The molecule has 0 saturated heterocycles. The van der Waals surface area contributed by atoms with Gasteiger partial charge in [-0.15, -0.1) is 0 Å². The topological polar surface area (TPSA) is 51.0 Å². The standard InChI is InChI=1S/C11H11F3O.C8H8N2.C2H6/c12-11(13,14)8-4-6-10(7-5-8)15-9-2-1-3-9;9-7-5-10-8-4-2-1-3-6(7)8;1-2/h4-7,9H,1-3H2;1-5,10H,9H2;1-2H3. The zero-order chi connectivity index (χ0) is 19.9. The van der Waals surface area contributed by atoms with Crippen molar-refractivity contribution in [2.75, 3.05) is 5.73 Å². The third kappa shape index (κ3) is 5.67. The summed E-state index contributed by atoms with van der Waals surface area (Å²) < 4.78 is 42.1. The smallest absolute Gasteiger partial charge is 0.416 e. The number of hydrogen-bond acceptors (Lipinski definition) is 2. The number of benzene rings is 2. The second-order valence-electron chi connectivity index (χ2n) is 5.98. The molecule has 0 radical (unpaired) electrons. The van der Waals surface area contributed by atoms with E-state index in [2.05, 4.69) is 4.98 Å². The van der Waals surface area contributed by atoms with E-state index in [-0.39, 0.29) is 6.10 Å². The molecule has 0 amide bonds. The molecule has 1 heterocycles. The van der Waals surface area contributed by atoms with Crippen molar-refractivity contribution in [1.82, 2.24) is 4.98 Å². The molecule has 3 nitrogen and oxygen atoms in total. The second-order valence-corrected chi connectivity index (χ2v) is 5.98. The number of H-pyrrole nitrogens is 1. The van der Waals surface area contributed by atoms with E-state index in [9.17, 15) is 13.2 Å². The van der Waals surface area contributed by atoms with Crippen molar-refractivity contribution in [2.45, 2.75) is 45.4 Å². The van der Waals surface area contributed by atoms with Crippen LogP contribution >= 0.6 is 0 Å². The number of aromatic nitrogens is 1. The Morgan fingerprint density at radius 2 is 1.63 bits per heavy atom. The van der Waals surface area contributed by atoms with Crippen LogP contribution in [0.1, 0.15) is 38.7 Å². The van der Waals surface area contributed by atoms with Crippen LogP contribution in [0.3, 0.4) is 0 Å². The maximum absolute atomic E-state index is 12.2. The number of alkyl halides is 3. The van der Waals surface area contributed by atoms with E-state index in [0.29, 0.717) is 5.75 Å². The summed E-state index contributed by atoms with van der Waals surface area (Å²) in [5.74, 6) is 0.521. The number of nitrogens with two attached hydrogens (primary N) is 1. The Hall–Kier alpha value is -2.63. The highest BCUT2D eigenvalue weighted by atomic mass is 19.4. The highest BCUT2D eigenvalue weighted by Crippen LogP contribution is 2.31. The Bertz CT molecular complexity index is 821. The Labute approximate surface area is 157 Å². The molecule has 3 aromatic rings. The van der Waals surface area contributed by atoms with Crippen molar-refractivity contribution >= 4 is 16.6 Å². The van der Waals surface area contributed by atoms with Crippen LogP contribution < -0.4 is 10.5 Å². The van der Waals surface area contributed by atoms with Crippen LogP contribution in [0.15, 0.2) is 54.7 Å². The van der Waals surface area contributed by atoms with Gasteiger partial charge >= 0.3 is 6.18 Å². The summed E-state index contributed by atoms with van der Waals surface area (Å²) in [6, 6.07) is 12.8. The number of aromatic amines is 1. The van der Waals surface area contributed by atoms with Gasteiger partial charge in [-0.25, -0.2) is 0 Å². The lowest BCUT2D eigenvalue weighted by Gasteiger charge is -2.26. The van der Waals surface area contributed by atoms with Gasteiger partial charge in [0.1, 0.15) is 5.75 Å². The first-order valence-corrected chi connectivity index (χ1v) is 9.09. The van der Waals surface area contributed by atoms with E-state index in [1.165, 1.54) is 12.1 Å².